The largest absolute Gasteiger partial charge is 0.501 e. The zero-order chi connectivity index (χ0) is 21.4. The molecule has 1 unspecified atom stereocenters. The third-order valence-corrected chi connectivity index (χ3v) is 5.68. The first-order valence-electron chi connectivity index (χ1n) is 8.09. The summed E-state index contributed by atoms with van der Waals surface area (Å²) >= 11 is 0. The second-order valence-electron chi connectivity index (χ2n) is 6.11. The molecule has 0 aliphatic rings. The van der Waals surface area contributed by atoms with Crippen molar-refractivity contribution >= 4 is 32.3 Å². The number of carboxylic acids is 1. The van der Waals surface area contributed by atoms with Gasteiger partial charge >= 0.3 is 11.5 Å². The zero-order valence-corrected chi connectivity index (χ0v) is 15.4. The van der Waals surface area contributed by atoms with E-state index >= 15 is 0 Å². The minimum atomic E-state index is -5.87. The van der Waals surface area contributed by atoms with E-state index in [0.717, 1.165) is 12.1 Å². The molecule has 0 saturated carbocycles. The highest BCUT2D eigenvalue weighted by molar-refractivity contribution is 7.92. The van der Waals surface area contributed by atoms with E-state index in [4.69, 9.17) is 10.5 Å². The normalized spacial score (nSPS) is 13.2. The minimum absolute atomic E-state index is 0.0189. The number of alkyl halides is 3. The molecular weight excluding hydrogens is 411 g/mol. The number of nitrogens with two attached hydrogens (primary N) is 1. The van der Waals surface area contributed by atoms with Crippen molar-refractivity contribution in [1.82, 2.24) is 0 Å². The number of hydrogen-bond donors (Lipinski definition) is 2. The first-order valence-corrected chi connectivity index (χ1v) is 9.63. The standard InChI is InChI=1S/C19H14F3NO5S/c20-19(21,22)29(26,27)18(13-6-3-7-14(23)8-13)28-16-10-12-5-2-1-4-11(12)9-15(16)17(24)25/h1-10,18H,23H2,(H,24,25). The summed E-state index contributed by atoms with van der Waals surface area (Å²) in [5.41, 5.74) is -3.44. The lowest BCUT2D eigenvalue weighted by molar-refractivity contribution is -0.0470. The number of aromatic carboxylic acids is 1. The van der Waals surface area contributed by atoms with E-state index in [1.54, 1.807) is 24.3 Å². The molecule has 1 atom stereocenters. The fourth-order valence-corrected chi connectivity index (χ4v) is 3.71. The molecular formula is C19H14F3NO5S. The third-order valence-electron chi connectivity index (χ3n) is 4.10. The van der Waals surface area contributed by atoms with Gasteiger partial charge in [0.15, 0.2) is 0 Å². The van der Waals surface area contributed by atoms with Gasteiger partial charge in [-0.2, -0.15) is 13.2 Å². The van der Waals surface area contributed by atoms with Crippen molar-refractivity contribution in [3.05, 3.63) is 71.8 Å². The number of carboxylic acid groups (broad SMARTS) is 1. The summed E-state index contributed by atoms with van der Waals surface area (Å²) in [6.07, 6.45) is 0. The van der Waals surface area contributed by atoms with E-state index in [9.17, 15) is 31.5 Å². The molecule has 3 rings (SSSR count). The summed E-state index contributed by atoms with van der Waals surface area (Å²) < 4.78 is 69.4. The maximum absolute atomic E-state index is 13.3. The highest BCUT2D eigenvalue weighted by atomic mass is 32.2. The van der Waals surface area contributed by atoms with Crippen LogP contribution in [0.2, 0.25) is 0 Å². The van der Waals surface area contributed by atoms with Gasteiger partial charge in [0, 0.05) is 11.3 Å². The summed E-state index contributed by atoms with van der Waals surface area (Å²) in [7, 11) is -5.87. The van der Waals surface area contributed by atoms with Crippen LogP contribution in [0.5, 0.6) is 5.75 Å². The Balaban J connectivity index is 2.21. The molecule has 0 amide bonds. The van der Waals surface area contributed by atoms with Crippen molar-refractivity contribution < 1.29 is 36.2 Å². The van der Waals surface area contributed by atoms with Crippen LogP contribution in [0, 0.1) is 0 Å². The molecule has 6 nitrogen and oxygen atoms in total. The van der Waals surface area contributed by atoms with E-state index in [-0.39, 0.29) is 11.3 Å². The van der Waals surface area contributed by atoms with E-state index in [0.29, 0.717) is 10.8 Å². The van der Waals surface area contributed by atoms with Gasteiger partial charge in [-0.15, -0.1) is 0 Å². The number of benzene rings is 3. The first kappa shape index (κ1) is 20.5. The van der Waals surface area contributed by atoms with Crippen molar-refractivity contribution in [3.8, 4) is 5.75 Å². The number of sulfone groups is 1. The van der Waals surface area contributed by atoms with Crippen LogP contribution >= 0.6 is 0 Å². The summed E-state index contributed by atoms with van der Waals surface area (Å²) in [6, 6.07) is 13.6. The van der Waals surface area contributed by atoms with Gasteiger partial charge in [0.25, 0.3) is 9.84 Å². The van der Waals surface area contributed by atoms with Gasteiger partial charge in [0.2, 0.25) is 5.44 Å². The summed E-state index contributed by atoms with van der Waals surface area (Å²) in [6.45, 7) is 0. The highest BCUT2D eigenvalue weighted by Gasteiger charge is 2.53. The molecule has 0 aliphatic carbocycles. The quantitative estimate of drug-likeness (QED) is 0.596. The van der Waals surface area contributed by atoms with Crippen molar-refractivity contribution in [2.75, 3.05) is 5.73 Å². The molecule has 0 aliphatic heterocycles. The van der Waals surface area contributed by atoms with Crippen molar-refractivity contribution in [2.45, 2.75) is 10.9 Å². The van der Waals surface area contributed by atoms with Crippen LogP contribution in [0.15, 0.2) is 60.7 Å². The average Bonchev–Trinajstić information content (AvgIpc) is 2.64. The first-order chi connectivity index (χ1) is 13.5. The molecule has 152 valence electrons. The molecule has 0 saturated heterocycles. The molecule has 3 N–H and O–H groups in total. The number of ether oxygens (including phenoxy) is 1. The second-order valence-corrected chi connectivity index (χ2v) is 8.09. The molecule has 29 heavy (non-hydrogen) atoms. The van der Waals surface area contributed by atoms with Crippen LogP contribution in [0.1, 0.15) is 21.4 Å². The van der Waals surface area contributed by atoms with Crippen molar-refractivity contribution in [1.29, 1.82) is 0 Å². The smallest absolute Gasteiger partial charge is 0.478 e. The van der Waals surface area contributed by atoms with Crippen LogP contribution in [-0.4, -0.2) is 25.0 Å². The minimum Gasteiger partial charge on any atom is -0.478 e. The highest BCUT2D eigenvalue weighted by Crippen LogP contribution is 2.39. The molecule has 0 bridgehead atoms. The molecule has 3 aromatic carbocycles. The van der Waals surface area contributed by atoms with Crippen molar-refractivity contribution in [3.63, 3.8) is 0 Å². The lowest BCUT2D eigenvalue weighted by atomic mass is 10.1. The Morgan fingerprint density at radius 1 is 1.00 bits per heavy atom. The predicted octanol–water partition coefficient (Wildman–Crippen LogP) is 4.13. The third kappa shape index (κ3) is 3.97. The Morgan fingerprint density at radius 2 is 1.62 bits per heavy atom. The number of rotatable bonds is 5. The van der Waals surface area contributed by atoms with Gasteiger partial charge in [0.05, 0.1) is 0 Å². The van der Waals surface area contributed by atoms with Gasteiger partial charge < -0.3 is 15.6 Å². The Kier molecular flexibility index (Phi) is 5.14. The Hall–Kier alpha value is -3.27. The van der Waals surface area contributed by atoms with Gasteiger partial charge in [-0.3, -0.25) is 0 Å². The second kappa shape index (κ2) is 7.28. The van der Waals surface area contributed by atoms with E-state index in [2.05, 4.69) is 0 Å². The summed E-state index contributed by atoms with van der Waals surface area (Å²) in [5, 5.41) is 10.4. The van der Waals surface area contributed by atoms with Gasteiger partial charge in [0.1, 0.15) is 11.3 Å². The Bertz CT molecular complexity index is 1190. The molecule has 0 fully saturated rings. The topological polar surface area (TPSA) is 107 Å². The van der Waals surface area contributed by atoms with Crippen LogP contribution in [0.25, 0.3) is 10.8 Å². The SMILES string of the molecule is Nc1cccc(C(Oc2cc3ccccc3cc2C(=O)O)S(=O)(=O)C(F)(F)F)c1. The van der Waals surface area contributed by atoms with Crippen LogP contribution in [0.3, 0.4) is 0 Å². The maximum atomic E-state index is 13.3. The molecule has 10 heteroatoms. The number of anilines is 1. The van der Waals surface area contributed by atoms with Crippen molar-refractivity contribution in [2.24, 2.45) is 0 Å². The fraction of sp³-hybridized carbons (Fsp3) is 0.105. The van der Waals surface area contributed by atoms with Crippen LogP contribution < -0.4 is 10.5 Å². The van der Waals surface area contributed by atoms with Gasteiger partial charge in [-0.05, 0) is 35.0 Å². The van der Waals surface area contributed by atoms with Crippen LogP contribution in [0.4, 0.5) is 18.9 Å². The molecule has 3 aromatic rings. The Labute approximate surface area is 163 Å². The number of fused-ring (bicyclic) bond motifs is 1. The van der Waals surface area contributed by atoms with Gasteiger partial charge in [-0.1, -0.05) is 36.4 Å². The monoisotopic (exact) mass is 425 g/mol. The number of hydrogen-bond acceptors (Lipinski definition) is 5. The van der Waals surface area contributed by atoms with E-state index < -0.39 is 38.1 Å². The number of halogens is 3. The van der Waals surface area contributed by atoms with Gasteiger partial charge in [-0.25, -0.2) is 13.2 Å². The Morgan fingerprint density at radius 3 is 2.17 bits per heavy atom. The number of carbonyl (C=O) groups is 1. The fourth-order valence-electron chi connectivity index (χ4n) is 2.74. The molecule has 0 spiro atoms. The van der Waals surface area contributed by atoms with E-state index in [1.807, 2.05) is 0 Å². The summed E-state index contributed by atoms with van der Waals surface area (Å²) in [4.78, 5) is 11.6. The average molecular weight is 425 g/mol. The lowest BCUT2D eigenvalue weighted by Crippen LogP contribution is -2.32. The zero-order valence-electron chi connectivity index (χ0n) is 14.6. The molecule has 0 heterocycles. The molecule has 0 radical (unpaired) electrons. The summed E-state index contributed by atoms with van der Waals surface area (Å²) in [5.74, 6) is -2.00. The van der Waals surface area contributed by atoms with E-state index in [1.165, 1.54) is 24.3 Å². The maximum Gasteiger partial charge on any atom is 0.501 e. The number of nitrogen functional groups attached to an aromatic ring is 1. The van der Waals surface area contributed by atoms with Crippen LogP contribution in [-0.2, 0) is 9.84 Å². The lowest BCUT2D eigenvalue weighted by Gasteiger charge is -2.22. The predicted molar refractivity (Wildman–Crippen MR) is 100 cm³/mol. The molecule has 0 aromatic heterocycles.